The highest BCUT2D eigenvalue weighted by Crippen LogP contribution is 2.36. The Morgan fingerprint density at radius 3 is 2.46 bits per heavy atom. The normalized spacial score (nSPS) is 30.7. The number of ether oxygens (including phenoxy) is 3. The van der Waals surface area contributed by atoms with Gasteiger partial charge in [-0.1, -0.05) is 30.3 Å². The van der Waals surface area contributed by atoms with E-state index >= 15 is 0 Å². The van der Waals surface area contributed by atoms with Crippen molar-refractivity contribution >= 4 is 16.1 Å². The topological polar surface area (TPSA) is 88.1 Å². The van der Waals surface area contributed by atoms with Crippen molar-refractivity contribution in [1.82, 2.24) is 0 Å². The average Bonchev–Trinajstić information content (AvgIpc) is 2.82. The molecule has 0 spiro atoms. The van der Waals surface area contributed by atoms with Crippen molar-refractivity contribution in [3.63, 3.8) is 0 Å². The van der Waals surface area contributed by atoms with Crippen LogP contribution in [0.15, 0.2) is 30.3 Å². The summed E-state index contributed by atoms with van der Waals surface area (Å²) < 4.78 is 79.2. The second-order valence-electron chi connectivity index (χ2n) is 5.07. The van der Waals surface area contributed by atoms with E-state index in [9.17, 15) is 26.4 Å². The summed E-state index contributed by atoms with van der Waals surface area (Å²) in [5.74, 6) is -1.25. The largest absolute Gasteiger partial charge is 0.523 e. The molecule has 1 aromatic rings. The summed E-state index contributed by atoms with van der Waals surface area (Å²) in [4.78, 5) is 11.7. The van der Waals surface area contributed by atoms with Gasteiger partial charge in [-0.25, -0.2) is 8.98 Å². The highest BCUT2D eigenvalue weighted by molar-refractivity contribution is 7.87. The molecule has 2 heterocycles. The minimum absolute atomic E-state index is 0.165. The molecular formula is C13H11F3O7S. The molecule has 7 nitrogen and oxygen atoms in total. The van der Waals surface area contributed by atoms with Crippen molar-refractivity contribution in [2.24, 2.45) is 0 Å². The molecule has 3 rings (SSSR count). The van der Waals surface area contributed by atoms with E-state index in [0.717, 1.165) is 0 Å². The fourth-order valence-electron chi connectivity index (χ4n) is 2.33. The van der Waals surface area contributed by atoms with E-state index in [1.807, 2.05) is 0 Å². The van der Waals surface area contributed by atoms with Gasteiger partial charge in [0.25, 0.3) is 0 Å². The van der Waals surface area contributed by atoms with Gasteiger partial charge in [-0.05, 0) is 0 Å². The smallest absolute Gasteiger partial charge is 0.455 e. The van der Waals surface area contributed by atoms with Gasteiger partial charge >= 0.3 is 21.6 Å². The quantitative estimate of drug-likeness (QED) is 0.451. The third kappa shape index (κ3) is 3.11. The Bertz CT molecular complexity index is 719. The first kappa shape index (κ1) is 17.1. The number of carbonyl (C=O) groups excluding carboxylic acids is 1. The van der Waals surface area contributed by atoms with Crippen molar-refractivity contribution in [2.45, 2.75) is 30.1 Å². The van der Waals surface area contributed by atoms with Crippen LogP contribution in [-0.2, 0) is 33.3 Å². The zero-order valence-corrected chi connectivity index (χ0v) is 12.6. The molecule has 0 radical (unpaired) electrons. The van der Waals surface area contributed by atoms with Gasteiger partial charge in [0.05, 0.1) is 6.61 Å². The number of esters is 1. The maximum Gasteiger partial charge on any atom is 0.523 e. The molecule has 2 fully saturated rings. The van der Waals surface area contributed by atoms with E-state index in [0.29, 0.717) is 5.56 Å². The van der Waals surface area contributed by atoms with Gasteiger partial charge in [0.1, 0.15) is 6.10 Å². The summed E-state index contributed by atoms with van der Waals surface area (Å²) in [6.07, 6.45) is -5.42. The van der Waals surface area contributed by atoms with Gasteiger partial charge in [-0.2, -0.15) is 21.6 Å². The predicted molar refractivity (Wildman–Crippen MR) is 69.7 cm³/mol. The van der Waals surface area contributed by atoms with Crippen LogP contribution in [0.3, 0.4) is 0 Å². The number of fused-ring (bicyclic) bond motifs is 1. The zero-order valence-electron chi connectivity index (χ0n) is 11.8. The molecule has 132 valence electrons. The molecule has 2 aliphatic heterocycles. The summed E-state index contributed by atoms with van der Waals surface area (Å²) in [7, 11) is -5.97. The fourth-order valence-corrected chi connectivity index (χ4v) is 2.90. The van der Waals surface area contributed by atoms with Gasteiger partial charge in [-0.3, -0.25) is 0 Å². The lowest BCUT2D eigenvalue weighted by atomic mass is 10.1. The molecule has 2 saturated heterocycles. The van der Waals surface area contributed by atoms with Crippen molar-refractivity contribution in [2.75, 3.05) is 6.61 Å². The zero-order chi connectivity index (χ0) is 17.5. The SMILES string of the molecule is O=C1O[C@@H]2CO[C@H](c3ccccc3)O[C@@H]2[C@@H]1OS(=O)(=O)C(F)(F)F. The third-order valence-electron chi connectivity index (χ3n) is 3.44. The molecule has 0 unspecified atom stereocenters. The van der Waals surface area contributed by atoms with Gasteiger partial charge in [0, 0.05) is 5.56 Å². The number of alkyl halides is 3. The number of hydrogen-bond donors (Lipinski definition) is 0. The standard InChI is InChI=1S/C13H11F3O7S/c14-13(15,16)24(18,19)23-10-9-8(21-11(10)17)6-20-12(22-9)7-4-2-1-3-5-7/h1-5,8-10,12H,6H2/t8-,9+,10+,12+/m1/s1. The van der Waals surface area contributed by atoms with E-state index in [1.54, 1.807) is 30.3 Å². The number of carbonyl (C=O) groups is 1. The van der Waals surface area contributed by atoms with Crippen LogP contribution in [0.25, 0.3) is 0 Å². The lowest BCUT2D eigenvalue weighted by Gasteiger charge is -2.32. The second-order valence-corrected chi connectivity index (χ2v) is 6.63. The Hall–Kier alpha value is -1.69. The molecule has 2 aliphatic rings. The molecule has 0 saturated carbocycles. The predicted octanol–water partition coefficient (Wildman–Crippen LogP) is 1.26. The Kier molecular flexibility index (Phi) is 4.28. The van der Waals surface area contributed by atoms with Gasteiger partial charge in [-0.15, -0.1) is 0 Å². The number of halogens is 3. The van der Waals surface area contributed by atoms with Crippen molar-refractivity contribution in [1.29, 1.82) is 0 Å². The van der Waals surface area contributed by atoms with Crippen LogP contribution in [0.4, 0.5) is 13.2 Å². The monoisotopic (exact) mass is 368 g/mol. The van der Waals surface area contributed by atoms with Crippen molar-refractivity contribution < 1.29 is 44.8 Å². The summed E-state index contributed by atoms with van der Waals surface area (Å²) in [5, 5.41) is 0. The Morgan fingerprint density at radius 1 is 1.17 bits per heavy atom. The van der Waals surface area contributed by atoms with Gasteiger partial charge < -0.3 is 14.2 Å². The molecule has 1 aromatic carbocycles. The minimum Gasteiger partial charge on any atom is -0.455 e. The average molecular weight is 368 g/mol. The van der Waals surface area contributed by atoms with Crippen LogP contribution < -0.4 is 0 Å². The summed E-state index contributed by atoms with van der Waals surface area (Å²) in [5.41, 5.74) is -5.11. The van der Waals surface area contributed by atoms with Crippen LogP contribution >= 0.6 is 0 Å². The van der Waals surface area contributed by atoms with Crippen LogP contribution in [0.1, 0.15) is 11.9 Å². The summed E-state index contributed by atoms with van der Waals surface area (Å²) in [6, 6.07) is 8.40. The molecule has 0 aliphatic carbocycles. The van der Waals surface area contributed by atoms with E-state index in [1.165, 1.54) is 0 Å². The molecule has 0 aromatic heterocycles. The number of rotatable bonds is 3. The Labute approximate surface area is 134 Å². The molecule has 24 heavy (non-hydrogen) atoms. The Balaban J connectivity index is 1.80. The second kappa shape index (κ2) is 5.99. The summed E-state index contributed by atoms with van der Waals surface area (Å²) in [6.45, 7) is -0.165. The van der Waals surface area contributed by atoms with Gasteiger partial charge in [0.15, 0.2) is 12.4 Å². The van der Waals surface area contributed by atoms with E-state index in [-0.39, 0.29) is 6.61 Å². The maximum atomic E-state index is 12.4. The molecule has 0 bridgehead atoms. The van der Waals surface area contributed by atoms with Gasteiger partial charge in [0.2, 0.25) is 6.10 Å². The highest BCUT2D eigenvalue weighted by Gasteiger charge is 2.57. The van der Waals surface area contributed by atoms with Crippen LogP contribution in [0.2, 0.25) is 0 Å². The van der Waals surface area contributed by atoms with E-state index < -0.39 is 46.2 Å². The van der Waals surface area contributed by atoms with Crippen LogP contribution in [0.5, 0.6) is 0 Å². The first-order chi connectivity index (χ1) is 11.2. The maximum absolute atomic E-state index is 12.4. The first-order valence-electron chi connectivity index (χ1n) is 6.71. The van der Waals surface area contributed by atoms with Crippen LogP contribution in [-0.4, -0.2) is 44.8 Å². The molecular weight excluding hydrogens is 357 g/mol. The minimum atomic E-state index is -5.97. The third-order valence-corrected chi connectivity index (χ3v) is 4.47. The fraction of sp³-hybridized carbons (Fsp3) is 0.462. The first-order valence-corrected chi connectivity index (χ1v) is 8.12. The lowest BCUT2D eigenvalue weighted by molar-refractivity contribution is -0.250. The molecule has 0 amide bonds. The van der Waals surface area contributed by atoms with Crippen molar-refractivity contribution in [3.8, 4) is 0 Å². The molecule has 11 heteroatoms. The number of hydrogen-bond acceptors (Lipinski definition) is 7. The molecule has 0 N–H and O–H groups in total. The number of benzene rings is 1. The summed E-state index contributed by atoms with van der Waals surface area (Å²) >= 11 is 0. The van der Waals surface area contributed by atoms with Crippen LogP contribution in [0, 0.1) is 0 Å². The van der Waals surface area contributed by atoms with Crippen molar-refractivity contribution in [3.05, 3.63) is 35.9 Å². The highest BCUT2D eigenvalue weighted by atomic mass is 32.2. The molecule has 4 atom stereocenters. The lowest BCUT2D eigenvalue weighted by Crippen LogP contribution is -2.45. The Morgan fingerprint density at radius 2 is 1.83 bits per heavy atom. The van der Waals surface area contributed by atoms with E-state index in [4.69, 9.17) is 14.2 Å². The van der Waals surface area contributed by atoms with E-state index in [2.05, 4.69) is 4.18 Å².